The molecule has 0 spiro atoms. The monoisotopic (exact) mass is 405 g/mol. The van der Waals surface area contributed by atoms with Crippen LogP contribution in [-0.4, -0.2) is 38.0 Å². The molecule has 0 amide bonds. The normalized spacial score (nSPS) is 16.1. The van der Waals surface area contributed by atoms with E-state index >= 15 is 0 Å². The van der Waals surface area contributed by atoms with Crippen molar-refractivity contribution in [2.45, 2.75) is 64.6 Å². The summed E-state index contributed by atoms with van der Waals surface area (Å²) in [7, 11) is -1.73. The molecule has 0 aliphatic carbocycles. The lowest BCUT2D eigenvalue weighted by molar-refractivity contribution is 0.291. The molecular weight excluding hydrogens is 374 g/mol. The second kappa shape index (κ2) is 8.06. The molecule has 0 bridgehead atoms. The highest BCUT2D eigenvalue weighted by Gasteiger charge is 2.36. The molecule has 0 saturated carbocycles. The van der Waals surface area contributed by atoms with E-state index in [0.29, 0.717) is 5.15 Å². The van der Waals surface area contributed by atoms with Gasteiger partial charge in [0.2, 0.25) is 0 Å². The number of aromatic nitrogens is 2. The van der Waals surface area contributed by atoms with Crippen molar-refractivity contribution < 1.29 is 4.43 Å². The summed E-state index contributed by atoms with van der Waals surface area (Å²) in [6.45, 7) is 14.3. The van der Waals surface area contributed by atoms with Gasteiger partial charge in [-0.05, 0) is 49.5 Å². The van der Waals surface area contributed by atoms with Crippen LogP contribution in [0.1, 0.15) is 45.7 Å². The van der Waals surface area contributed by atoms with E-state index in [4.69, 9.17) is 21.0 Å². The Kier molecular flexibility index (Phi) is 6.13. The Hall–Kier alpha value is -1.17. The van der Waals surface area contributed by atoms with Crippen LogP contribution in [0, 0.1) is 0 Å². The van der Waals surface area contributed by atoms with E-state index in [1.165, 1.54) is 19.3 Å². The van der Waals surface area contributed by atoms with Crippen molar-refractivity contribution in [3.05, 3.63) is 29.2 Å². The summed E-state index contributed by atoms with van der Waals surface area (Å²) in [6, 6.07) is 4.09. The van der Waals surface area contributed by atoms with Gasteiger partial charge in [0.25, 0.3) is 0 Å². The summed E-state index contributed by atoms with van der Waals surface area (Å²) >= 11 is 6.17. The van der Waals surface area contributed by atoms with Crippen LogP contribution in [0.3, 0.4) is 0 Å². The van der Waals surface area contributed by atoms with Gasteiger partial charge < -0.3 is 9.33 Å². The molecule has 1 saturated heterocycles. The standard InChI is InChI=1S/C21H32ClN3OSi/c1-21(2,3)27(4,5)26-12-9-17-13-16-15-23-19(22)14-18(16)20(24-17)25-10-7-6-8-11-25/h13-15H,6-12H2,1-5H3. The molecule has 6 heteroatoms. The van der Waals surface area contributed by atoms with Gasteiger partial charge in [-0.3, -0.25) is 0 Å². The molecule has 0 unspecified atom stereocenters. The van der Waals surface area contributed by atoms with Crippen LogP contribution in [0.5, 0.6) is 0 Å². The molecule has 2 aromatic heterocycles. The van der Waals surface area contributed by atoms with E-state index in [2.05, 4.69) is 49.8 Å². The Labute approximate surface area is 169 Å². The van der Waals surface area contributed by atoms with Crippen molar-refractivity contribution in [2.24, 2.45) is 0 Å². The quantitative estimate of drug-likeness (QED) is 0.462. The molecule has 0 aromatic carbocycles. The Bertz CT molecular complexity index is 798. The highest BCUT2D eigenvalue weighted by Crippen LogP contribution is 2.36. The number of halogens is 1. The van der Waals surface area contributed by atoms with Gasteiger partial charge >= 0.3 is 0 Å². The smallest absolute Gasteiger partial charge is 0.191 e. The molecule has 3 rings (SSSR count). The average molecular weight is 406 g/mol. The van der Waals surface area contributed by atoms with Gasteiger partial charge in [0, 0.05) is 48.8 Å². The molecule has 1 aliphatic heterocycles. The third-order valence-corrected chi connectivity index (χ3v) is 10.7. The minimum absolute atomic E-state index is 0.226. The molecule has 27 heavy (non-hydrogen) atoms. The van der Waals surface area contributed by atoms with Crippen molar-refractivity contribution >= 4 is 36.5 Å². The third kappa shape index (κ3) is 4.82. The first-order chi connectivity index (χ1) is 12.7. The first-order valence-corrected chi connectivity index (χ1v) is 13.3. The van der Waals surface area contributed by atoms with Crippen molar-refractivity contribution in [2.75, 3.05) is 24.6 Å². The number of pyridine rings is 2. The first kappa shape index (κ1) is 20.6. The van der Waals surface area contributed by atoms with E-state index in [0.717, 1.165) is 48.4 Å². The van der Waals surface area contributed by atoms with Gasteiger partial charge in [-0.15, -0.1) is 0 Å². The minimum Gasteiger partial charge on any atom is -0.416 e. The second-order valence-corrected chi connectivity index (χ2v) is 14.3. The lowest BCUT2D eigenvalue weighted by Gasteiger charge is -2.36. The third-order valence-electron chi connectivity index (χ3n) is 6.00. The Morgan fingerprint density at radius 1 is 1.15 bits per heavy atom. The van der Waals surface area contributed by atoms with Crippen LogP contribution in [0.4, 0.5) is 5.82 Å². The SMILES string of the molecule is CC(C)(C)[Si](C)(C)OCCc1cc2cnc(Cl)cc2c(N2CCCCC2)n1. The van der Waals surface area contributed by atoms with E-state index < -0.39 is 8.32 Å². The maximum atomic E-state index is 6.36. The lowest BCUT2D eigenvalue weighted by Crippen LogP contribution is -2.41. The zero-order valence-electron chi connectivity index (χ0n) is 17.3. The van der Waals surface area contributed by atoms with Crippen LogP contribution in [0.15, 0.2) is 18.3 Å². The summed E-state index contributed by atoms with van der Waals surface area (Å²) in [6.07, 6.45) is 6.44. The van der Waals surface area contributed by atoms with Crippen LogP contribution in [0.25, 0.3) is 10.8 Å². The fraction of sp³-hybridized carbons (Fsp3) is 0.619. The van der Waals surface area contributed by atoms with Gasteiger partial charge in [-0.2, -0.15) is 0 Å². The number of piperidine rings is 1. The van der Waals surface area contributed by atoms with Crippen molar-refractivity contribution in [1.82, 2.24) is 9.97 Å². The predicted molar refractivity (Wildman–Crippen MR) is 117 cm³/mol. The van der Waals surface area contributed by atoms with Gasteiger partial charge in [0.1, 0.15) is 11.0 Å². The zero-order chi connectivity index (χ0) is 19.7. The Morgan fingerprint density at radius 2 is 1.85 bits per heavy atom. The average Bonchev–Trinajstić information content (AvgIpc) is 2.61. The molecule has 4 nitrogen and oxygen atoms in total. The predicted octanol–water partition coefficient (Wildman–Crippen LogP) is 5.84. The Balaban J connectivity index is 1.84. The van der Waals surface area contributed by atoms with Gasteiger partial charge in [-0.1, -0.05) is 32.4 Å². The molecule has 2 aromatic rings. The maximum Gasteiger partial charge on any atom is 0.191 e. The van der Waals surface area contributed by atoms with E-state index in [1.54, 1.807) is 0 Å². The number of nitrogens with zero attached hydrogens (tertiary/aromatic N) is 3. The van der Waals surface area contributed by atoms with Crippen molar-refractivity contribution in [1.29, 1.82) is 0 Å². The van der Waals surface area contributed by atoms with Gasteiger partial charge in [0.05, 0.1) is 0 Å². The van der Waals surface area contributed by atoms with Crippen LogP contribution in [-0.2, 0) is 10.8 Å². The summed E-state index contributed by atoms with van der Waals surface area (Å²) < 4.78 is 6.36. The topological polar surface area (TPSA) is 38.2 Å². The number of anilines is 1. The van der Waals surface area contributed by atoms with Crippen LogP contribution < -0.4 is 4.90 Å². The van der Waals surface area contributed by atoms with E-state index in [1.807, 2.05) is 12.3 Å². The molecule has 1 fully saturated rings. The van der Waals surface area contributed by atoms with Crippen LogP contribution >= 0.6 is 11.6 Å². The summed E-state index contributed by atoms with van der Waals surface area (Å²) in [5.41, 5.74) is 1.07. The molecule has 148 valence electrons. The van der Waals surface area contributed by atoms with E-state index in [9.17, 15) is 0 Å². The number of hydrogen-bond acceptors (Lipinski definition) is 4. The second-order valence-electron chi connectivity index (χ2n) is 9.07. The van der Waals surface area contributed by atoms with E-state index in [-0.39, 0.29) is 5.04 Å². The van der Waals surface area contributed by atoms with Crippen molar-refractivity contribution in [3.63, 3.8) is 0 Å². The molecular formula is C21H32ClN3OSi. The lowest BCUT2D eigenvalue weighted by atomic mass is 10.1. The fourth-order valence-electron chi connectivity index (χ4n) is 3.26. The highest BCUT2D eigenvalue weighted by atomic mass is 35.5. The maximum absolute atomic E-state index is 6.36. The highest BCUT2D eigenvalue weighted by molar-refractivity contribution is 6.74. The van der Waals surface area contributed by atoms with Crippen LogP contribution in [0.2, 0.25) is 23.3 Å². The summed E-state index contributed by atoms with van der Waals surface area (Å²) in [5, 5.41) is 2.96. The van der Waals surface area contributed by atoms with Gasteiger partial charge in [0.15, 0.2) is 8.32 Å². The molecule has 0 radical (unpaired) electrons. The number of fused-ring (bicyclic) bond motifs is 1. The summed E-state index contributed by atoms with van der Waals surface area (Å²) in [4.78, 5) is 11.7. The molecule has 0 atom stereocenters. The number of rotatable bonds is 5. The first-order valence-electron chi connectivity index (χ1n) is 10.0. The molecule has 3 heterocycles. The molecule has 1 aliphatic rings. The summed E-state index contributed by atoms with van der Waals surface area (Å²) in [5.74, 6) is 1.05. The Morgan fingerprint density at radius 3 is 2.52 bits per heavy atom. The molecule has 0 N–H and O–H groups in total. The van der Waals surface area contributed by atoms with Crippen molar-refractivity contribution in [3.8, 4) is 0 Å². The minimum atomic E-state index is -1.73. The number of hydrogen-bond donors (Lipinski definition) is 0. The zero-order valence-corrected chi connectivity index (χ0v) is 19.1. The largest absolute Gasteiger partial charge is 0.416 e. The van der Waals surface area contributed by atoms with Gasteiger partial charge in [-0.25, -0.2) is 9.97 Å². The fourth-order valence-corrected chi connectivity index (χ4v) is 4.46.